The summed E-state index contributed by atoms with van der Waals surface area (Å²) in [6.45, 7) is 7.45. The quantitative estimate of drug-likeness (QED) is 0.656. The number of aryl methyl sites for hydroxylation is 1. The topological polar surface area (TPSA) is 53.4 Å². The van der Waals surface area contributed by atoms with Gasteiger partial charge in [0.1, 0.15) is 0 Å². The van der Waals surface area contributed by atoms with Gasteiger partial charge in [-0.2, -0.15) is 0 Å². The maximum Gasteiger partial charge on any atom is 0.0821 e. The zero-order valence-corrected chi connectivity index (χ0v) is 16.6. The molecule has 0 aliphatic heterocycles. The van der Waals surface area contributed by atoms with Gasteiger partial charge in [0.15, 0.2) is 0 Å². The van der Waals surface area contributed by atoms with E-state index in [4.69, 9.17) is 16.7 Å². The van der Waals surface area contributed by atoms with Crippen LogP contribution in [0.25, 0.3) is 21.3 Å². The molecule has 3 nitrogen and oxygen atoms in total. The van der Waals surface area contributed by atoms with Gasteiger partial charge >= 0.3 is 0 Å². The normalized spacial score (nSPS) is 11.3. The van der Waals surface area contributed by atoms with Crippen molar-refractivity contribution in [3.05, 3.63) is 52.0 Å². The summed E-state index contributed by atoms with van der Waals surface area (Å²) in [6.07, 6.45) is 0.650. The largest absolute Gasteiger partial charge is 0.396 e. The Balaban J connectivity index is 0.000000399. The van der Waals surface area contributed by atoms with Gasteiger partial charge < -0.3 is 10.2 Å². The van der Waals surface area contributed by atoms with Crippen LogP contribution in [0.5, 0.6) is 0 Å². The fourth-order valence-corrected chi connectivity index (χ4v) is 3.52. The van der Waals surface area contributed by atoms with Gasteiger partial charge in [0.2, 0.25) is 0 Å². The predicted octanol–water partition coefficient (Wildman–Crippen LogP) is 5.24. The lowest BCUT2D eigenvalue weighted by molar-refractivity contribution is 0.102. The van der Waals surface area contributed by atoms with Gasteiger partial charge in [0.05, 0.1) is 21.3 Å². The second-order valence-corrected chi connectivity index (χ2v) is 8.19. The van der Waals surface area contributed by atoms with Crippen LogP contribution in [0.15, 0.2) is 35.8 Å². The number of thiazole rings is 1. The van der Waals surface area contributed by atoms with Crippen molar-refractivity contribution in [2.45, 2.75) is 39.7 Å². The number of aliphatic hydroxyl groups excluding tert-OH is 1. The molecule has 1 aromatic heterocycles. The fraction of sp³-hybridized carbons (Fsp3) is 0.350. The van der Waals surface area contributed by atoms with Gasteiger partial charge in [0, 0.05) is 17.2 Å². The van der Waals surface area contributed by atoms with E-state index in [9.17, 15) is 5.11 Å². The molecule has 2 N–H and O–H groups in total. The van der Waals surface area contributed by atoms with Crippen LogP contribution in [0.4, 0.5) is 0 Å². The van der Waals surface area contributed by atoms with E-state index in [0.717, 1.165) is 16.1 Å². The summed E-state index contributed by atoms with van der Waals surface area (Å²) in [5, 5.41) is 18.6. The summed E-state index contributed by atoms with van der Waals surface area (Å²) >= 11 is 7.61. The van der Waals surface area contributed by atoms with E-state index in [1.807, 2.05) is 29.8 Å². The second kappa shape index (κ2) is 8.28. The zero-order valence-electron chi connectivity index (χ0n) is 15.0. The Kier molecular flexibility index (Phi) is 6.58. The molecule has 0 amide bonds. The first kappa shape index (κ1) is 19.9. The van der Waals surface area contributed by atoms with E-state index in [-0.39, 0.29) is 6.61 Å². The molecule has 0 bridgehead atoms. The molecule has 3 rings (SSSR count). The number of fused-ring (bicyclic) bond motifs is 1. The van der Waals surface area contributed by atoms with E-state index in [1.165, 1.54) is 21.4 Å². The van der Waals surface area contributed by atoms with Crippen molar-refractivity contribution < 1.29 is 10.2 Å². The van der Waals surface area contributed by atoms with Crippen LogP contribution in [0, 0.1) is 6.92 Å². The molecule has 0 saturated heterocycles. The van der Waals surface area contributed by atoms with E-state index in [1.54, 1.807) is 32.1 Å². The summed E-state index contributed by atoms with van der Waals surface area (Å²) in [6, 6.07) is 9.94. The van der Waals surface area contributed by atoms with Gasteiger partial charge in [-0.3, -0.25) is 0 Å². The molecule has 3 aromatic rings. The summed E-state index contributed by atoms with van der Waals surface area (Å²) in [4.78, 5) is 4.41. The maximum atomic E-state index is 9.35. The fourth-order valence-electron chi connectivity index (χ4n) is 2.53. The number of hydrogen-bond donors (Lipinski definition) is 2. The average molecular weight is 378 g/mol. The number of aliphatic hydroxyl groups is 2. The summed E-state index contributed by atoms with van der Waals surface area (Å²) in [7, 11) is 0. The first-order chi connectivity index (χ1) is 11.7. The minimum Gasteiger partial charge on any atom is -0.396 e. The van der Waals surface area contributed by atoms with Crippen molar-refractivity contribution in [3.63, 3.8) is 0 Å². The highest BCUT2D eigenvalue weighted by Crippen LogP contribution is 2.37. The van der Waals surface area contributed by atoms with Crippen LogP contribution in [0.1, 0.15) is 31.9 Å². The van der Waals surface area contributed by atoms with Crippen LogP contribution in [0.2, 0.25) is 5.02 Å². The molecule has 0 aliphatic carbocycles. The van der Waals surface area contributed by atoms with Crippen molar-refractivity contribution in [2.75, 3.05) is 6.61 Å². The third-order valence-corrected chi connectivity index (χ3v) is 4.56. The Labute approximate surface area is 157 Å². The smallest absolute Gasteiger partial charge is 0.0821 e. The third-order valence-electron chi connectivity index (χ3n) is 3.45. The number of rotatable bonds is 3. The highest BCUT2D eigenvalue weighted by atomic mass is 35.5. The average Bonchev–Trinajstić information content (AvgIpc) is 2.95. The molecule has 0 aliphatic rings. The van der Waals surface area contributed by atoms with Crippen LogP contribution >= 0.6 is 22.9 Å². The molecule has 0 fully saturated rings. The monoisotopic (exact) mass is 377 g/mol. The molecule has 1 heterocycles. The van der Waals surface area contributed by atoms with Crippen molar-refractivity contribution in [2.24, 2.45) is 0 Å². The van der Waals surface area contributed by atoms with E-state index >= 15 is 0 Å². The molecule has 0 radical (unpaired) electrons. The van der Waals surface area contributed by atoms with Crippen LogP contribution in [0.3, 0.4) is 0 Å². The number of aromatic nitrogens is 1. The minimum atomic E-state index is -0.500. The number of halogens is 1. The van der Waals surface area contributed by atoms with Gasteiger partial charge in [0.25, 0.3) is 0 Å². The lowest BCUT2D eigenvalue weighted by Crippen LogP contribution is -2.10. The molecule has 5 heteroatoms. The summed E-state index contributed by atoms with van der Waals surface area (Å²) in [5.41, 5.74) is 7.03. The number of hydrogen-bond acceptors (Lipinski definition) is 4. The van der Waals surface area contributed by atoms with E-state index in [2.05, 4.69) is 18.0 Å². The van der Waals surface area contributed by atoms with Gasteiger partial charge in [-0.25, -0.2) is 4.98 Å². The molecule has 0 unspecified atom stereocenters. The summed E-state index contributed by atoms with van der Waals surface area (Å²) in [5.74, 6) is 0. The lowest BCUT2D eigenvalue weighted by atomic mass is 9.93. The predicted molar refractivity (Wildman–Crippen MR) is 108 cm³/mol. The van der Waals surface area contributed by atoms with Gasteiger partial charge in [-0.05, 0) is 69.0 Å². The standard InChI is InChI=1S/C16H14ClNOS.C4H10O/c1-10-8-14-16(20-9-18-14)15(13(10)6-7-19)11-2-4-12(17)5-3-11;1-4(2,3)5/h2-5,8-9,19H,6-7H2,1H3;5H,1-3H3. The first-order valence-electron chi connectivity index (χ1n) is 8.15. The van der Waals surface area contributed by atoms with E-state index in [0.29, 0.717) is 6.42 Å². The molecular formula is C20H24ClNO2S. The molecule has 0 atom stereocenters. The van der Waals surface area contributed by atoms with Gasteiger partial charge in [-0.1, -0.05) is 23.7 Å². The molecule has 25 heavy (non-hydrogen) atoms. The molecular weight excluding hydrogens is 354 g/mol. The number of benzene rings is 2. The van der Waals surface area contributed by atoms with Gasteiger partial charge in [-0.15, -0.1) is 11.3 Å². The van der Waals surface area contributed by atoms with Crippen molar-refractivity contribution >= 4 is 33.2 Å². The lowest BCUT2D eigenvalue weighted by Gasteiger charge is -2.13. The van der Waals surface area contributed by atoms with Crippen LogP contribution in [-0.4, -0.2) is 27.4 Å². The Morgan fingerprint density at radius 2 is 1.76 bits per heavy atom. The molecule has 0 saturated carbocycles. The maximum absolute atomic E-state index is 9.35. The highest BCUT2D eigenvalue weighted by molar-refractivity contribution is 7.17. The van der Waals surface area contributed by atoms with Crippen LogP contribution in [-0.2, 0) is 6.42 Å². The highest BCUT2D eigenvalue weighted by Gasteiger charge is 2.14. The van der Waals surface area contributed by atoms with Crippen molar-refractivity contribution in [1.82, 2.24) is 4.98 Å². The minimum absolute atomic E-state index is 0.145. The SMILES string of the molecule is CC(C)(C)O.Cc1cc2ncsc2c(-c2ccc(Cl)cc2)c1CCO. The van der Waals surface area contributed by atoms with Crippen molar-refractivity contribution in [1.29, 1.82) is 0 Å². The van der Waals surface area contributed by atoms with Crippen molar-refractivity contribution in [3.8, 4) is 11.1 Å². The van der Waals surface area contributed by atoms with Crippen LogP contribution < -0.4 is 0 Å². The Hall–Kier alpha value is -1.46. The Morgan fingerprint density at radius 3 is 2.32 bits per heavy atom. The third kappa shape index (κ3) is 5.51. The second-order valence-electron chi connectivity index (χ2n) is 6.90. The number of nitrogens with zero attached hydrogens (tertiary/aromatic N) is 1. The summed E-state index contributed by atoms with van der Waals surface area (Å²) < 4.78 is 1.17. The Morgan fingerprint density at radius 1 is 1.16 bits per heavy atom. The molecule has 134 valence electrons. The first-order valence-corrected chi connectivity index (χ1v) is 9.41. The zero-order chi connectivity index (χ0) is 18.6. The molecule has 2 aromatic carbocycles. The Bertz CT molecular complexity index is 829. The van der Waals surface area contributed by atoms with E-state index < -0.39 is 5.60 Å². The molecule has 0 spiro atoms.